The highest BCUT2D eigenvalue weighted by molar-refractivity contribution is 7.99. The molecule has 0 aromatic rings. The molecule has 0 aromatic carbocycles. The molecule has 4 aliphatic rings. The van der Waals surface area contributed by atoms with E-state index < -0.39 is 5.60 Å². The van der Waals surface area contributed by atoms with Gasteiger partial charge in [0.05, 0.1) is 5.60 Å². The standard InChI is InChI=1S/C22H37NO2S/c1-20-9-8-18-16(17(20)4-5-19(20)24)7-11-22(25)14-15(26-13-3-12-23)6-10-21(18,22)2/h15-18,25H,3-14,23H2,1-2H3/t15-,16+,17+,18+,20+,21-,22-/m1/s1. The lowest BCUT2D eigenvalue weighted by atomic mass is 9.44. The number of hydrogen-bond donors (Lipinski definition) is 2. The van der Waals surface area contributed by atoms with E-state index >= 15 is 0 Å². The van der Waals surface area contributed by atoms with Gasteiger partial charge in [-0.05, 0) is 93.3 Å². The van der Waals surface area contributed by atoms with Crippen LogP contribution in [0.3, 0.4) is 0 Å². The van der Waals surface area contributed by atoms with E-state index in [4.69, 9.17) is 5.73 Å². The number of fused-ring (bicyclic) bond motifs is 5. The van der Waals surface area contributed by atoms with Crippen LogP contribution in [0.15, 0.2) is 0 Å². The van der Waals surface area contributed by atoms with Gasteiger partial charge in [-0.15, -0.1) is 0 Å². The molecule has 0 aromatic heterocycles. The monoisotopic (exact) mass is 379 g/mol. The number of carbonyl (C=O) groups excluding carboxylic acids is 1. The van der Waals surface area contributed by atoms with Crippen LogP contribution < -0.4 is 5.73 Å². The second-order valence-electron chi connectivity index (χ2n) is 10.2. The lowest BCUT2D eigenvalue weighted by molar-refractivity contribution is -0.200. The lowest BCUT2D eigenvalue weighted by Gasteiger charge is -2.63. The van der Waals surface area contributed by atoms with Crippen molar-refractivity contribution in [1.29, 1.82) is 0 Å². The van der Waals surface area contributed by atoms with Gasteiger partial charge in [0.15, 0.2) is 0 Å². The Hall–Kier alpha value is -0.0600. The summed E-state index contributed by atoms with van der Waals surface area (Å²) < 4.78 is 0. The Kier molecular flexibility index (Phi) is 5.02. The second-order valence-corrected chi connectivity index (χ2v) is 11.6. The summed E-state index contributed by atoms with van der Waals surface area (Å²) in [7, 11) is 0. The predicted molar refractivity (Wildman–Crippen MR) is 108 cm³/mol. The van der Waals surface area contributed by atoms with Crippen molar-refractivity contribution in [2.24, 2.45) is 34.3 Å². The Morgan fingerprint density at radius 3 is 2.69 bits per heavy atom. The van der Waals surface area contributed by atoms with Crippen LogP contribution in [-0.2, 0) is 4.79 Å². The molecule has 4 saturated carbocycles. The number of aliphatic hydroxyl groups is 1. The van der Waals surface area contributed by atoms with Crippen LogP contribution in [0.5, 0.6) is 0 Å². The number of carbonyl (C=O) groups is 1. The Balaban J connectivity index is 1.52. The smallest absolute Gasteiger partial charge is 0.139 e. The zero-order valence-corrected chi connectivity index (χ0v) is 17.5. The van der Waals surface area contributed by atoms with Gasteiger partial charge in [0.1, 0.15) is 5.78 Å². The average molecular weight is 380 g/mol. The lowest BCUT2D eigenvalue weighted by Crippen LogP contribution is -2.62. The summed E-state index contributed by atoms with van der Waals surface area (Å²) in [4.78, 5) is 12.5. The zero-order valence-electron chi connectivity index (χ0n) is 16.6. The molecule has 3 N–H and O–H groups in total. The van der Waals surface area contributed by atoms with E-state index in [0.717, 1.165) is 70.1 Å². The number of nitrogens with two attached hydrogens (primary N) is 1. The van der Waals surface area contributed by atoms with Gasteiger partial charge < -0.3 is 10.8 Å². The van der Waals surface area contributed by atoms with Crippen LogP contribution in [0.25, 0.3) is 0 Å². The molecule has 0 saturated heterocycles. The summed E-state index contributed by atoms with van der Waals surface area (Å²) in [5, 5.41) is 12.4. The maximum absolute atomic E-state index is 12.5. The molecule has 148 valence electrons. The summed E-state index contributed by atoms with van der Waals surface area (Å²) >= 11 is 2.03. The SMILES string of the molecule is C[C@]12CC[C@H]3[C@@H](CC[C@@]4(O)C[C@H](SCCCN)CC[C@]34C)[C@@H]1CCC2=O. The second kappa shape index (κ2) is 6.77. The molecule has 0 bridgehead atoms. The third-order valence-corrected chi connectivity index (χ3v) is 10.6. The Labute approximate surface area is 163 Å². The van der Waals surface area contributed by atoms with Crippen LogP contribution in [0.2, 0.25) is 0 Å². The topological polar surface area (TPSA) is 63.3 Å². The van der Waals surface area contributed by atoms with Crippen LogP contribution in [0.4, 0.5) is 0 Å². The minimum Gasteiger partial charge on any atom is -0.389 e. The number of Topliss-reactive ketones (excluding diaryl/α,β-unsaturated/α-hetero) is 1. The van der Waals surface area contributed by atoms with Crippen LogP contribution >= 0.6 is 11.8 Å². The van der Waals surface area contributed by atoms with Crippen LogP contribution in [0.1, 0.15) is 78.1 Å². The van der Waals surface area contributed by atoms with Gasteiger partial charge in [-0.2, -0.15) is 11.8 Å². The molecule has 4 aliphatic carbocycles. The van der Waals surface area contributed by atoms with E-state index in [9.17, 15) is 9.90 Å². The van der Waals surface area contributed by atoms with Crippen molar-refractivity contribution < 1.29 is 9.90 Å². The molecule has 0 unspecified atom stereocenters. The molecule has 0 radical (unpaired) electrons. The first kappa shape index (κ1) is 19.3. The van der Waals surface area contributed by atoms with Gasteiger partial charge in [-0.3, -0.25) is 4.79 Å². The molecule has 7 atom stereocenters. The first-order valence-electron chi connectivity index (χ1n) is 10.9. The third kappa shape index (κ3) is 2.73. The summed E-state index contributed by atoms with van der Waals surface area (Å²) in [6, 6.07) is 0. The number of thioether (sulfide) groups is 1. The summed E-state index contributed by atoms with van der Waals surface area (Å²) in [6.45, 7) is 5.41. The largest absolute Gasteiger partial charge is 0.389 e. The van der Waals surface area contributed by atoms with E-state index in [1.54, 1.807) is 0 Å². The van der Waals surface area contributed by atoms with Gasteiger partial charge in [-0.1, -0.05) is 13.8 Å². The number of hydrogen-bond acceptors (Lipinski definition) is 4. The quantitative estimate of drug-likeness (QED) is 0.720. The van der Waals surface area contributed by atoms with Crippen molar-refractivity contribution >= 4 is 17.5 Å². The van der Waals surface area contributed by atoms with E-state index in [-0.39, 0.29) is 10.8 Å². The fourth-order valence-electron chi connectivity index (χ4n) is 7.46. The van der Waals surface area contributed by atoms with Gasteiger partial charge in [0, 0.05) is 17.1 Å². The van der Waals surface area contributed by atoms with Gasteiger partial charge in [0.25, 0.3) is 0 Å². The van der Waals surface area contributed by atoms with Crippen molar-refractivity contribution in [3.05, 3.63) is 0 Å². The Morgan fingerprint density at radius 2 is 1.92 bits per heavy atom. The Bertz CT molecular complexity index is 568. The van der Waals surface area contributed by atoms with Gasteiger partial charge in [-0.25, -0.2) is 0 Å². The van der Waals surface area contributed by atoms with Crippen LogP contribution in [0, 0.1) is 28.6 Å². The van der Waals surface area contributed by atoms with E-state index in [1.807, 2.05) is 11.8 Å². The highest BCUT2D eigenvalue weighted by Gasteiger charge is 2.64. The van der Waals surface area contributed by atoms with Crippen molar-refractivity contribution in [3.8, 4) is 0 Å². The molecule has 3 nitrogen and oxygen atoms in total. The molecule has 0 spiro atoms. The van der Waals surface area contributed by atoms with E-state index in [0.29, 0.717) is 28.8 Å². The third-order valence-electron chi connectivity index (χ3n) is 9.17. The maximum atomic E-state index is 12.5. The molecular formula is C22H37NO2S. The molecule has 4 heteroatoms. The van der Waals surface area contributed by atoms with E-state index in [2.05, 4.69) is 13.8 Å². The zero-order chi connectivity index (χ0) is 18.6. The number of rotatable bonds is 4. The van der Waals surface area contributed by atoms with Gasteiger partial charge in [0.2, 0.25) is 0 Å². The van der Waals surface area contributed by atoms with Crippen molar-refractivity contribution in [1.82, 2.24) is 0 Å². The van der Waals surface area contributed by atoms with Crippen LogP contribution in [-0.4, -0.2) is 34.0 Å². The predicted octanol–water partition coefficient (Wildman–Crippen LogP) is 4.16. The minimum atomic E-state index is -0.497. The first-order valence-corrected chi connectivity index (χ1v) is 12.0. The maximum Gasteiger partial charge on any atom is 0.139 e. The average Bonchev–Trinajstić information content (AvgIpc) is 2.91. The molecule has 4 fully saturated rings. The van der Waals surface area contributed by atoms with Crippen molar-refractivity contribution in [2.45, 2.75) is 88.9 Å². The van der Waals surface area contributed by atoms with Crippen molar-refractivity contribution in [3.63, 3.8) is 0 Å². The number of ketones is 1. The molecule has 0 amide bonds. The summed E-state index contributed by atoms with van der Waals surface area (Å²) in [6.07, 6.45) is 10.6. The van der Waals surface area contributed by atoms with Gasteiger partial charge >= 0.3 is 0 Å². The first-order chi connectivity index (χ1) is 12.3. The molecular weight excluding hydrogens is 342 g/mol. The normalized spacial score (nSPS) is 50.8. The molecule has 26 heavy (non-hydrogen) atoms. The highest BCUT2D eigenvalue weighted by Crippen LogP contribution is 2.67. The molecule has 0 aliphatic heterocycles. The Morgan fingerprint density at radius 1 is 1.12 bits per heavy atom. The summed E-state index contributed by atoms with van der Waals surface area (Å²) in [5.74, 6) is 3.49. The fraction of sp³-hybridized carbons (Fsp3) is 0.955. The molecule has 4 rings (SSSR count). The minimum absolute atomic E-state index is 0.0494. The molecule has 0 heterocycles. The summed E-state index contributed by atoms with van der Waals surface area (Å²) in [5.41, 5.74) is 5.15. The van der Waals surface area contributed by atoms with E-state index in [1.165, 1.54) is 6.42 Å². The highest BCUT2D eigenvalue weighted by atomic mass is 32.2. The van der Waals surface area contributed by atoms with Crippen molar-refractivity contribution in [2.75, 3.05) is 12.3 Å². The fourth-order valence-corrected chi connectivity index (χ4v) is 8.80.